The highest BCUT2D eigenvalue weighted by Crippen LogP contribution is 2.29. The van der Waals surface area contributed by atoms with E-state index in [1.807, 2.05) is 0 Å². The van der Waals surface area contributed by atoms with Crippen LogP contribution in [0.1, 0.15) is 37.7 Å². The van der Waals surface area contributed by atoms with Gasteiger partial charge in [-0.15, -0.1) is 0 Å². The number of carbonyl (C=O) groups is 3. The van der Waals surface area contributed by atoms with Crippen LogP contribution in [0.5, 0.6) is 0 Å². The van der Waals surface area contributed by atoms with E-state index in [2.05, 4.69) is 15.6 Å². The summed E-state index contributed by atoms with van der Waals surface area (Å²) in [6, 6.07) is 5.21. The maximum absolute atomic E-state index is 12.7. The fraction of sp³-hybridized carbons (Fsp3) is 0.500. The van der Waals surface area contributed by atoms with E-state index < -0.39 is 17.9 Å². The van der Waals surface area contributed by atoms with Gasteiger partial charge in [0.05, 0.1) is 6.04 Å². The maximum Gasteiger partial charge on any atom is 0.473 e. The van der Waals surface area contributed by atoms with E-state index >= 15 is 0 Å². The molecule has 3 rings (SSSR count). The predicted octanol–water partition coefficient (Wildman–Crippen LogP) is 2.39. The van der Waals surface area contributed by atoms with E-state index in [0.29, 0.717) is 18.8 Å². The van der Waals surface area contributed by atoms with E-state index in [-0.39, 0.29) is 29.5 Å². The van der Waals surface area contributed by atoms with Crippen LogP contribution in [0.25, 0.3) is 0 Å². The van der Waals surface area contributed by atoms with Gasteiger partial charge in [-0.2, -0.15) is 18.2 Å². The van der Waals surface area contributed by atoms with Crippen LogP contribution in [-0.2, 0) is 9.59 Å². The average Bonchev–Trinajstić information content (AvgIpc) is 3.57. The monoisotopic (exact) mass is 439 g/mol. The van der Waals surface area contributed by atoms with Crippen molar-refractivity contribution in [1.29, 1.82) is 0 Å². The SMILES string of the molecule is NC(=NC(=O)C(F)(F)F)c1ccc(NC(=O)N2CCCCC2CNC(=O)C2CC2)cc1. The molecule has 0 aromatic heterocycles. The minimum absolute atomic E-state index is 0.0322. The Hall–Kier alpha value is -3.11. The summed E-state index contributed by atoms with van der Waals surface area (Å²) in [4.78, 5) is 40.1. The van der Waals surface area contributed by atoms with Crippen LogP contribution in [0.4, 0.5) is 23.7 Å². The van der Waals surface area contributed by atoms with Crippen LogP contribution in [0.15, 0.2) is 29.3 Å². The van der Waals surface area contributed by atoms with Gasteiger partial charge in [0, 0.05) is 30.3 Å². The second-order valence-corrected chi connectivity index (χ2v) is 7.67. The number of nitrogens with zero attached hydrogens (tertiary/aromatic N) is 2. The molecule has 4 amide bonds. The molecule has 1 unspecified atom stereocenters. The zero-order valence-electron chi connectivity index (χ0n) is 16.7. The zero-order valence-corrected chi connectivity index (χ0v) is 16.7. The molecular weight excluding hydrogens is 415 g/mol. The zero-order chi connectivity index (χ0) is 22.6. The van der Waals surface area contributed by atoms with Crippen molar-refractivity contribution in [3.05, 3.63) is 29.8 Å². The Morgan fingerprint density at radius 1 is 1.10 bits per heavy atom. The van der Waals surface area contributed by atoms with Gasteiger partial charge in [0.1, 0.15) is 5.84 Å². The first-order valence-electron chi connectivity index (χ1n) is 10.1. The normalized spacial score (nSPS) is 19.6. The number of rotatable bonds is 5. The van der Waals surface area contributed by atoms with Crippen LogP contribution in [0.3, 0.4) is 0 Å². The number of amidine groups is 1. The molecule has 0 radical (unpaired) electrons. The number of hydrogen-bond donors (Lipinski definition) is 3. The topological polar surface area (TPSA) is 117 Å². The summed E-state index contributed by atoms with van der Waals surface area (Å²) in [5.74, 6) is -2.72. The number of likely N-dealkylation sites (tertiary alicyclic amines) is 1. The molecule has 1 aromatic carbocycles. The molecule has 1 saturated carbocycles. The molecule has 1 heterocycles. The van der Waals surface area contributed by atoms with Crippen LogP contribution in [0.2, 0.25) is 0 Å². The molecule has 11 heteroatoms. The van der Waals surface area contributed by atoms with E-state index in [1.54, 1.807) is 4.90 Å². The Morgan fingerprint density at radius 3 is 2.39 bits per heavy atom. The minimum atomic E-state index is -5.10. The van der Waals surface area contributed by atoms with Gasteiger partial charge < -0.3 is 21.3 Å². The summed E-state index contributed by atoms with van der Waals surface area (Å²) in [6.07, 6.45) is -0.650. The van der Waals surface area contributed by atoms with Crippen molar-refractivity contribution in [2.24, 2.45) is 16.6 Å². The largest absolute Gasteiger partial charge is 0.473 e. The van der Waals surface area contributed by atoms with E-state index in [1.165, 1.54) is 24.3 Å². The van der Waals surface area contributed by atoms with Crippen molar-refractivity contribution in [3.8, 4) is 0 Å². The van der Waals surface area contributed by atoms with Gasteiger partial charge >= 0.3 is 18.1 Å². The summed E-state index contributed by atoms with van der Waals surface area (Å²) in [5, 5.41) is 5.66. The quantitative estimate of drug-likeness (QED) is 0.482. The number of piperidine rings is 1. The van der Waals surface area contributed by atoms with Crippen molar-refractivity contribution in [1.82, 2.24) is 10.2 Å². The smallest absolute Gasteiger partial charge is 0.383 e. The van der Waals surface area contributed by atoms with Crippen LogP contribution >= 0.6 is 0 Å². The Balaban J connectivity index is 1.59. The van der Waals surface area contributed by atoms with Crippen molar-refractivity contribution in [2.45, 2.75) is 44.3 Å². The third-order valence-electron chi connectivity index (χ3n) is 5.24. The lowest BCUT2D eigenvalue weighted by atomic mass is 10.0. The minimum Gasteiger partial charge on any atom is -0.383 e. The molecule has 4 N–H and O–H groups in total. The Kier molecular flexibility index (Phi) is 6.81. The molecule has 2 fully saturated rings. The Labute approximate surface area is 177 Å². The molecule has 168 valence electrons. The molecule has 1 aliphatic heterocycles. The highest BCUT2D eigenvalue weighted by Gasteiger charge is 2.38. The molecule has 31 heavy (non-hydrogen) atoms. The standard InChI is InChI=1S/C20H24F3N5O3/c21-20(22,23)18(30)27-16(24)12-6-8-14(9-7-12)26-19(31)28-10-2-1-3-15(28)11-25-17(29)13-4-5-13/h6-9,13,15H,1-5,10-11H2,(H,25,29)(H,26,31)(H2,24,27,30). The molecule has 2 aliphatic rings. The molecule has 0 spiro atoms. The molecular formula is C20H24F3N5O3. The Bertz CT molecular complexity index is 866. The summed E-state index contributed by atoms with van der Waals surface area (Å²) in [6.45, 7) is 0.967. The molecule has 0 bridgehead atoms. The van der Waals surface area contributed by atoms with Crippen LogP contribution in [-0.4, -0.2) is 53.9 Å². The summed E-state index contributed by atoms with van der Waals surface area (Å²) in [5.41, 5.74) is 5.99. The van der Waals surface area contributed by atoms with E-state index in [4.69, 9.17) is 5.73 Å². The van der Waals surface area contributed by atoms with Crippen molar-refractivity contribution >= 4 is 29.4 Å². The fourth-order valence-corrected chi connectivity index (χ4v) is 3.35. The highest BCUT2D eigenvalue weighted by atomic mass is 19.4. The van der Waals surface area contributed by atoms with Crippen molar-refractivity contribution < 1.29 is 27.6 Å². The number of halogens is 3. The number of carbonyl (C=O) groups excluding carboxylic acids is 3. The van der Waals surface area contributed by atoms with E-state index in [9.17, 15) is 27.6 Å². The fourth-order valence-electron chi connectivity index (χ4n) is 3.35. The molecule has 8 nitrogen and oxygen atoms in total. The van der Waals surface area contributed by atoms with Crippen LogP contribution < -0.4 is 16.4 Å². The third kappa shape index (κ3) is 6.19. The first-order chi connectivity index (χ1) is 14.6. The second-order valence-electron chi connectivity index (χ2n) is 7.67. The summed E-state index contributed by atoms with van der Waals surface area (Å²) in [7, 11) is 0. The van der Waals surface area contributed by atoms with Gasteiger partial charge in [-0.3, -0.25) is 9.59 Å². The van der Waals surface area contributed by atoms with Gasteiger partial charge in [-0.1, -0.05) is 0 Å². The second kappa shape index (κ2) is 9.36. The Morgan fingerprint density at radius 2 is 1.77 bits per heavy atom. The lowest BCUT2D eigenvalue weighted by Crippen LogP contribution is -2.51. The lowest BCUT2D eigenvalue weighted by molar-refractivity contribution is -0.169. The molecule has 1 saturated heterocycles. The molecule has 1 aliphatic carbocycles. The predicted molar refractivity (Wildman–Crippen MR) is 107 cm³/mol. The van der Waals surface area contributed by atoms with Gasteiger partial charge in [0.25, 0.3) is 0 Å². The lowest BCUT2D eigenvalue weighted by Gasteiger charge is -2.35. The first kappa shape index (κ1) is 22.6. The van der Waals surface area contributed by atoms with Gasteiger partial charge in [-0.05, 0) is 56.4 Å². The average molecular weight is 439 g/mol. The first-order valence-corrected chi connectivity index (χ1v) is 10.1. The maximum atomic E-state index is 12.7. The highest BCUT2D eigenvalue weighted by molar-refractivity contribution is 6.05. The van der Waals surface area contributed by atoms with Crippen LogP contribution in [0, 0.1) is 5.92 Å². The number of hydrogen-bond acceptors (Lipinski definition) is 3. The van der Waals surface area contributed by atoms with Gasteiger partial charge in [0.15, 0.2) is 0 Å². The number of anilines is 1. The number of benzene rings is 1. The molecule has 1 aromatic rings. The third-order valence-corrected chi connectivity index (χ3v) is 5.24. The number of nitrogens with two attached hydrogens (primary N) is 1. The summed E-state index contributed by atoms with van der Waals surface area (Å²) < 4.78 is 36.9. The summed E-state index contributed by atoms with van der Waals surface area (Å²) >= 11 is 0. The number of urea groups is 1. The number of amides is 4. The molecule has 1 atom stereocenters. The van der Waals surface area contributed by atoms with Gasteiger partial charge in [0.2, 0.25) is 5.91 Å². The van der Waals surface area contributed by atoms with Gasteiger partial charge in [-0.25, -0.2) is 4.79 Å². The number of nitrogens with one attached hydrogen (secondary N) is 2. The van der Waals surface area contributed by atoms with E-state index in [0.717, 1.165) is 32.1 Å². The van der Waals surface area contributed by atoms with Crippen molar-refractivity contribution in [3.63, 3.8) is 0 Å². The van der Waals surface area contributed by atoms with Crippen molar-refractivity contribution in [2.75, 3.05) is 18.4 Å². The number of alkyl halides is 3. The number of aliphatic imine (C=N–C) groups is 1.